The van der Waals surface area contributed by atoms with Crippen LogP contribution >= 0.6 is 15.9 Å². The van der Waals surface area contributed by atoms with Crippen molar-refractivity contribution < 1.29 is 4.79 Å². The summed E-state index contributed by atoms with van der Waals surface area (Å²) in [4.78, 5) is 17.7. The van der Waals surface area contributed by atoms with Crippen molar-refractivity contribution in [3.63, 3.8) is 0 Å². The van der Waals surface area contributed by atoms with Crippen LogP contribution in [-0.4, -0.2) is 22.8 Å². The lowest BCUT2D eigenvalue weighted by atomic mass is 10.1. The van der Waals surface area contributed by atoms with Gasteiger partial charge in [-0.2, -0.15) is 0 Å². The van der Waals surface area contributed by atoms with E-state index >= 15 is 0 Å². The minimum atomic E-state index is -0.299. The van der Waals surface area contributed by atoms with E-state index in [4.69, 9.17) is 5.84 Å². The van der Waals surface area contributed by atoms with Crippen LogP contribution in [0, 0.1) is 0 Å². The maximum absolute atomic E-state index is 11.5. The van der Waals surface area contributed by atoms with Crippen molar-refractivity contribution in [2.45, 2.75) is 13.1 Å². The van der Waals surface area contributed by atoms with Crippen molar-refractivity contribution in [3.8, 4) is 0 Å². The molecule has 1 aromatic heterocycles. The number of amides is 1. The molecule has 110 valence electrons. The first-order chi connectivity index (χ1) is 10.1. The fraction of sp³-hybridized carbons (Fsp3) is 0.200. The molecule has 1 heterocycles. The van der Waals surface area contributed by atoms with E-state index < -0.39 is 0 Å². The number of aromatic nitrogens is 1. The molecule has 0 unspecified atom stereocenters. The minimum Gasteiger partial charge on any atom is -0.298 e. The van der Waals surface area contributed by atoms with Gasteiger partial charge in [0.25, 0.3) is 5.91 Å². The average molecular weight is 349 g/mol. The third kappa shape index (κ3) is 4.35. The summed E-state index contributed by atoms with van der Waals surface area (Å²) in [6.45, 7) is 1.60. The van der Waals surface area contributed by atoms with Gasteiger partial charge >= 0.3 is 0 Å². The molecule has 0 aliphatic heterocycles. The van der Waals surface area contributed by atoms with Gasteiger partial charge in [-0.15, -0.1) is 0 Å². The van der Waals surface area contributed by atoms with E-state index in [9.17, 15) is 4.79 Å². The fourth-order valence-electron chi connectivity index (χ4n) is 2.05. The summed E-state index contributed by atoms with van der Waals surface area (Å²) >= 11 is 3.50. The molecule has 0 atom stereocenters. The first-order valence-corrected chi connectivity index (χ1v) is 7.26. The Bertz CT molecular complexity index is 618. The molecule has 0 saturated carbocycles. The quantitative estimate of drug-likeness (QED) is 0.493. The Kier molecular flexibility index (Phi) is 5.44. The number of nitrogens with one attached hydrogen (secondary N) is 1. The third-order valence-electron chi connectivity index (χ3n) is 3.09. The van der Waals surface area contributed by atoms with Crippen LogP contribution in [0.25, 0.3) is 0 Å². The highest BCUT2D eigenvalue weighted by Gasteiger charge is 2.09. The molecule has 0 aliphatic rings. The summed E-state index contributed by atoms with van der Waals surface area (Å²) in [6, 6.07) is 9.47. The Labute approximate surface area is 132 Å². The van der Waals surface area contributed by atoms with E-state index in [0.717, 1.165) is 23.1 Å². The van der Waals surface area contributed by atoms with Crippen LogP contribution in [0.15, 0.2) is 47.2 Å². The van der Waals surface area contributed by atoms with Crippen molar-refractivity contribution in [2.75, 3.05) is 7.05 Å². The average Bonchev–Trinajstić information content (AvgIpc) is 2.49. The van der Waals surface area contributed by atoms with Crippen molar-refractivity contribution >= 4 is 21.8 Å². The molecule has 3 N–H and O–H groups in total. The zero-order valence-electron chi connectivity index (χ0n) is 11.7. The molecular weight excluding hydrogens is 332 g/mol. The number of benzene rings is 1. The summed E-state index contributed by atoms with van der Waals surface area (Å²) in [5, 5.41) is 0. The van der Waals surface area contributed by atoms with E-state index in [1.54, 1.807) is 24.5 Å². The van der Waals surface area contributed by atoms with Crippen LogP contribution in [-0.2, 0) is 13.1 Å². The van der Waals surface area contributed by atoms with Crippen LogP contribution in [0.1, 0.15) is 21.5 Å². The predicted octanol–water partition coefficient (Wildman–Crippen LogP) is 2.08. The van der Waals surface area contributed by atoms with Gasteiger partial charge in [0, 0.05) is 35.5 Å². The molecule has 5 nitrogen and oxygen atoms in total. The Morgan fingerprint density at radius 3 is 2.62 bits per heavy atom. The molecule has 6 heteroatoms. The number of hydrogen-bond donors (Lipinski definition) is 2. The van der Waals surface area contributed by atoms with Crippen molar-refractivity contribution in [3.05, 3.63) is 63.9 Å². The number of nitrogen functional groups attached to an aromatic ring is 1. The normalized spacial score (nSPS) is 10.7. The number of rotatable bonds is 5. The Morgan fingerprint density at radius 2 is 2.00 bits per heavy atom. The smallest absolute Gasteiger partial charge is 0.265 e. The molecule has 0 bridgehead atoms. The van der Waals surface area contributed by atoms with Gasteiger partial charge in [0.1, 0.15) is 0 Å². The molecule has 1 aromatic carbocycles. The number of hydrazine groups is 1. The highest BCUT2D eigenvalue weighted by Crippen LogP contribution is 2.20. The number of carbonyl (C=O) groups excluding carboxylic acids is 1. The molecular formula is C15H17BrN4O. The van der Waals surface area contributed by atoms with Crippen LogP contribution in [0.4, 0.5) is 0 Å². The third-order valence-corrected chi connectivity index (χ3v) is 3.83. The molecule has 2 rings (SSSR count). The monoisotopic (exact) mass is 348 g/mol. The second kappa shape index (κ2) is 7.31. The lowest BCUT2D eigenvalue weighted by Gasteiger charge is -2.18. The van der Waals surface area contributed by atoms with Crippen LogP contribution in [0.5, 0.6) is 0 Å². The lowest BCUT2D eigenvalue weighted by Crippen LogP contribution is -2.30. The standard InChI is InChI=1S/C15H17BrN4O/c1-20(9-11-4-6-18-7-5-11)10-13-3-2-12(8-14(13)16)15(21)19-17/h2-8H,9-10,17H2,1H3,(H,19,21). The van der Waals surface area contributed by atoms with Gasteiger partial charge in [0.15, 0.2) is 0 Å². The van der Waals surface area contributed by atoms with E-state index in [2.05, 4.69) is 31.2 Å². The molecule has 0 saturated heterocycles. The maximum atomic E-state index is 11.5. The number of pyridine rings is 1. The largest absolute Gasteiger partial charge is 0.298 e. The Morgan fingerprint density at radius 1 is 1.29 bits per heavy atom. The van der Waals surface area contributed by atoms with Crippen LogP contribution in [0.2, 0.25) is 0 Å². The number of hydrogen-bond acceptors (Lipinski definition) is 4. The molecule has 1 amide bonds. The van der Waals surface area contributed by atoms with Gasteiger partial charge in [-0.1, -0.05) is 22.0 Å². The molecule has 0 radical (unpaired) electrons. The SMILES string of the molecule is CN(Cc1ccncc1)Cc1ccc(C(=O)NN)cc1Br. The summed E-state index contributed by atoms with van der Waals surface area (Å²) in [6.07, 6.45) is 3.58. The number of nitrogens with zero attached hydrogens (tertiary/aromatic N) is 2. The number of carbonyl (C=O) groups is 1. The number of halogens is 1. The van der Waals surface area contributed by atoms with E-state index in [0.29, 0.717) is 5.56 Å². The summed E-state index contributed by atoms with van der Waals surface area (Å²) in [5.74, 6) is 4.83. The zero-order chi connectivity index (χ0) is 15.2. The second-order valence-electron chi connectivity index (χ2n) is 4.81. The van der Waals surface area contributed by atoms with Crippen molar-refractivity contribution in [2.24, 2.45) is 5.84 Å². The van der Waals surface area contributed by atoms with Gasteiger partial charge in [-0.3, -0.25) is 20.1 Å². The second-order valence-corrected chi connectivity index (χ2v) is 5.66. The highest BCUT2D eigenvalue weighted by molar-refractivity contribution is 9.10. The summed E-state index contributed by atoms with van der Waals surface area (Å²) in [5.41, 5.74) is 4.98. The predicted molar refractivity (Wildman–Crippen MR) is 85.2 cm³/mol. The molecule has 0 aliphatic carbocycles. The molecule has 0 fully saturated rings. The lowest BCUT2D eigenvalue weighted by molar-refractivity contribution is 0.0953. The van der Waals surface area contributed by atoms with E-state index in [1.807, 2.05) is 25.2 Å². The van der Waals surface area contributed by atoms with Crippen LogP contribution in [0.3, 0.4) is 0 Å². The Balaban J connectivity index is 2.04. The van der Waals surface area contributed by atoms with Gasteiger partial charge in [-0.25, -0.2) is 5.84 Å². The van der Waals surface area contributed by atoms with Crippen molar-refractivity contribution in [1.29, 1.82) is 0 Å². The van der Waals surface area contributed by atoms with Gasteiger partial charge in [0.05, 0.1) is 0 Å². The van der Waals surface area contributed by atoms with Gasteiger partial charge < -0.3 is 0 Å². The maximum Gasteiger partial charge on any atom is 0.265 e. The zero-order valence-corrected chi connectivity index (χ0v) is 13.3. The molecule has 2 aromatic rings. The first kappa shape index (κ1) is 15.6. The number of nitrogens with two attached hydrogens (primary N) is 1. The van der Waals surface area contributed by atoms with Crippen molar-refractivity contribution in [1.82, 2.24) is 15.3 Å². The van der Waals surface area contributed by atoms with Gasteiger partial charge in [-0.05, 0) is 42.4 Å². The highest BCUT2D eigenvalue weighted by atomic mass is 79.9. The van der Waals surface area contributed by atoms with Crippen LogP contribution < -0.4 is 11.3 Å². The summed E-state index contributed by atoms with van der Waals surface area (Å²) in [7, 11) is 2.05. The molecule has 0 spiro atoms. The molecule has 21 heavy (non-hydrogen) atoms. The minimum absolute atomic E-state index is 0.299. The summed E-state index contributed by atoms with van der Waals surface area (Å²) < 4.78 is 0.894. The van der Waals surface area contributed by atoms with E-state index in [1.165, 1.54) is 5.56 Å². The fourth-order valence-corrected chi connectivity index (χ4v) is 2.55. The van der Waals surface area contributed by atoms with Gasteiger partial charge in [0.2, 0.25) is 0 Å². The van der Waals surface area contributed by atoms with E-state index in [-0.39, 0.29) is 5.91 Å². The Hall–Kier alpha value is -1.76. The topological polar surface area (TPSA) is 71.2 Å². The first-order valence-electron chi connectivity index (χ1n) is 6.47.